The number of ether oxygens (including phenoxy) is 1. The summed E-state index contributed by atoms with van der Waals surface area (Å²) < 4.78 is 29.2. The molecule has 0 aromatic heterocycles. The van der Waals surface area contributed by atoms with Crippen LogP contribution in [-0.2, 0) is 6.54 Å². The van der Waals surface area contributed by atoms with Crippen molar-refractivity contribution in [3.63, 3.8) is 0 Å². The lowest BCUT2D eigenvalue weighted by Crippen LogP contribution is -2.41. The van der Waals surface area contributed by atoms with E-state index in [0.29, 0.717) is 23.7 Å². The fourth-order valence-corrected chi connectivity index (χ4v) is 2.91. The first kappa shape index (κ1) is 16.5. The first-order chi connectivity index (χ1) is 9.98. The van der Waals surface area contributed by atoms with Crippen LogP contribution in [0.5, 0.6) is 5.75 Å². The molecule has 118 valence electrons. The molecule has 1 aliphatic rings. The molecule has 0 aliphatic heterocycles. The van der Waals surface area contributed by atoms with Gasteiger partial charge in [-0.3, -0.25) is 0 Å². The van der Waals surface area contributed by atoms with Crippen LogP contribution in [0.25, 0.3) is 0 Å². The highest BCUT2D eigenvalue weighted by Crippen LogP contribution is 2.28. The predicted octanol–water partition coefficient (Wildman–Crippen LogP) is 3.73. The maximum absolute atomic E-state index is 12.4. The molecule has 0 radical (unpaired) electrons. The maximum Gasteiger partial charge on any atom is 0.387 e. The molecule has 6 heteroatoms. The molecule has 0 atom stereocenters. The Kier molecular flexibility index (Phi) is 5.79. The van der Waals surface area contributed by atoms with E-state index in [9.17, 15) is 13.9 Å². The van der Waals surface area contributed by atoms with Crippen molar-refractivity contribution in [1.82, 2.24) is 5.32 Å². The number of alkyl halides is 2. The Balaban J connectivity index is 1.94. The molecular weight excluding hydrogens is 300 g/mol. The van der Waals surface area contributed by atoms with Gasteiger partial charge in [0.05, 0.1) is 5.60 Å². The van der Waals surface area contributed by atoms with Crippen molar-refractivity contribution in [2.75, 3.05) is 6.54 Å². The zero-order valence-corrected chi connectivity index (χ0v) is 12.5. The van der Waals surface area contributed by atoms with Crippen LogP contribution >= 0.6 is 11.6 Å². The summed E-state index contributed by atoms with van der Waals surface area (Å²) in [5.74, 6) is 0.109. The highest BCUT2D eigenvalue weighted by molar-refractivity contribution is 6.30. The summed E-state index contributed by atoms with van der Waals surface area (Å²) in [4.78, 5) is 0. The average molecular weight is 320 g/mol. The smallest absolute Gasteiger partial charge is 0.387 e. The van der Waals surface area contributed by atoms with E-state index < -0.39 is 12.2 Å². The summed E-state index contributed by atoms with van der Waals surface area (Å²) in [7, 11) is 0. The molecular formula is C15H20ClF2NO2. The largest absolute Gasteiger partial charge is 0.434 e. The van der Waals surface area contributed by atoms with Gasteiger partial charge in [0.15, 0.2) is 0 Å². The van der Waals surface area contributed by atoms with Gasteiger partial charge in [0.25, 0.3) is 0 Å². The topological polar surface area (TPSA) is 41.5 Å². The highest BCUT2D eigenvalue weighted by atomic mass is 35.5. The fraction of sp³-hybridized carbons (Fsp3) is 0.600. The molecule has 0 saturated heterocycles. The van der Waals surface area contributed by atoms with Crippen LogP contribution in [0.4, 0.5) is 8.78 Å². The van der Waals surface area contributed by atoms with Crippen LogP contribution in [-0.4, -0.2) is 23.9 Å². The Hall–Kier alpha value is -0.910. The van der Waals surface area contributed by atoms with E-state index in [0.717, 1.165) is 32.1 Å². The van der Waals surface area contributed by atoms with E-state index in [1.165, 1.54) is 12.1 Å². The Morgan fingerprint density at radius 2 is 2.00 bits per heavy atom. The van der Waals surface area contributed by atoms with Gasteiger partial charge in [-0.1, -0.05) is 30.9 Å². The summed E-state index contributed by atoms with van der Waals surface area (Å²) in [6, 6.07) is 4.54. The number of hydrogen-bond acceptors (Lipinski definition) is 3. The maximum atomic E-state index is 12.4. The minimum Gasteiger partial charge on any atom is -0.434 e. The van der Waals surface area contributed by atoms with Crippen LogP contribution in [0, 0.1) is 0 Å². The van der Waals surface area contributed by atoms with Gasteiger partial charge in [0.1, 0.15) is 5.75 Å². The van der Waals surface area contributed by atoms with Gasteiger partial charge in [-0.25, -0.2) is 0 Å². The molecule has 1 aromatic carbocycles. The van der Waals surface area contributed by atoms with E-state index in [-0.39, 0.29) is 5.75 Å². The van der Waals surface area contributed by atoms with Crippen molar-refractivity contribution >= 4 is 11.6 Å². The van der Waals surface area contributed by atoms with E-state index in [4.69, 9.17) is 11.6 Å². The molecule has 0 bridgehead atoms. The second kappa shape index (κ2) is 7.38. The number of benzene rings is 1. The Morgan fingerprint density at radius 3 is 2.67 bits per heavy atom. The summed E-state index contributed by atoms with van der Waals surface area (Å²) in [5, 5.41) is 14.0. The molecule has 0 heterocycles. The SMILES string of the molecule is OC1(CNCc2cc(Cl)ccc2OC(F)F)CCCCC1. The van der Waals surface area contributed by atoms with Crippen LogP contribution in [0.1, 0.15) is 37.7 Å². The number of aliphatic hydroxyl groups is 1. The Morgan fingerprint density at radius 1 is 1.29 bits per heavy atom. The number of hydrogen-bond donors (Lipinski definition) is 2. The molecule has 2 rings (SSSR count). The minimum absolute atomic E-state index is 0.109. The van der Waals surface area contributed by atoms with Gasteiger partial charge < -0.3 is 15.2 Å². The second-order valence-electron chi connectivity index (χ2n) is 5.52. The van der Waals surface area contributed by atoms with Crippen molar-refractivity contribution in [2.24, 2.45) is 0 Å². The minimum atomic E-state index is -2.87. The Labute approximate surface area is 128 Å². The monoisotopic (exact) mass is 319 g/mol. The van der Waals surface area contributed by atoms with Crippen LogP contribution in [0.2, 0.25) is 5.02 Å². The molecule has 3 nitrogen and oxygen atoms in total. The third-order valence-electron chi connectivity index (χ3n) is 3.79. The molecule has 1 aliphatic carbocycles. The zero-order chi connectivity index (χ0) is 15.3. The van der Waals surface area contributed by atoms with Gasteiger partial charge in [0.2, 0.25) is 0 Å². The van der Waals surface area contributed by atoms with Crippen molar-refractivity contribution in [1.29, 1.82) is 0 Å². The van der Waals surface area contributed by atoms with Crippen molar-refractivity contribution < 1.29 is 18.6 Å². The van der Waals surface area contributed by atoms with Crippen molar-refractivity contribution in [2.45, 2.75) is 50.9 Å². The molecule has 0 amide bonds. The summed E-state index contributed by atoms with van der Waals surface area (Å²) >= 11 is 5.89. The van der Waals surface area contributed by atoms with E-state index in [1.54, 1.807) is 6.07 Å². The van der Waals surface area contributed by atoms with E-state index in [2.05, 4.69) is 10.1 Å². The third-order valence-corrected chi connectivity index (χ3v) is 4.03. The number of halogens is 3. The fourth-order valence-electron chi connectivity index (χ4n) is 2.71. The summed E-state index contributed by atoms with van der Waals surface area (Å²) in [6.45, 7) is -2.11. The second-order valence-corrected chi connectivity index (χ2v) is 5.96. The summed E-state index contributed by atoms with van der Waals surface area (Å²) in [6.07, 6.45) is 4.75. The molecule has 0 spiro atoms. The predicted molar refractivity (Wildman–Crippen MR) is 77.8 cm³/mol. The average Bonchev–Trinajstić information content (AvgIpc) is 2.42. The molecule has 0 unspecified atom stereocenters. The van der Waals surface area contributed by atoms with Crippen molar-refractivity contribution in [3.8, 4) is 5.75 Å². The van der Waals surface area contributed by atoms with Gasteiger partial charge in [-0.2, -0.15) is 8.78 Å². The van der Waals surface area contributed by atoms with E-state index in [1.807, 2.05) is 0 Å². The highest BCUT2D eigenvalue weighted by Gasteiger charge is 2.28. The normalized spacial score (nSPS) is 18.0. The van der Waals surface area contributed by atoms with Gasteiger partial charge in [-0.15, -0.1) is 0 Å². The lowest BCUT2D eigenvalue weighted by Gasteiger charge is -2.32. The molecule has 1 aromatic rings. The standard InChI is InChI=1S/C15H20ClF2NO2/c16-12-4-5-13(21-14(17)18)11(8-12)9-19-10-15(20)6-2-1-3-7-15/h4-5,8,14,19-20H,1-3,6-7,9-10H2. The van der Waals surface area contributed by atoms with Crippen LogP contribution in [0.15, 0.2) is 18.2 Å². The summed E-state index contributed by atoms with van der Waals surface area (Å²) in [5.41, 5.74) is -0.136. The Bertz CT molecular complexity index is 465. The quantitative estimate of drug-likeness (QED) is 0.839. The van der Waals surface area contributed by atoms with Crippen LogP contribution < -0.4 is 10.1 Å². The first-order valence-electron chi connectivity index (χ1n) is 7.15. The van der Waals surface area contributed by atoms with Crippen LogP contribution in [0.3, 0.4) is 0 Å². The van der Waals surface area contributed by atoms with Crippen molar-refractivity contribution in [3.05, 3.63) is 28.8 Å². The van der Waals surface area contributed by atoms with Gasteiger partial charge in [0, 0.05) is 23.7 Å². The van der Waals surface area contributed by atoms with Gasteiger partial charge in [-0.05, 0) is 31.0 Å². The lowest BCUT2D eigenvalue weighted by molar-refractivity contribution is -0.0506. The lowest BCUT2D eigenvalue weighted by atomic mass is 9.85. The number of nitrogens with one attached hydrogen (secondary N) is 1. The number of rotatable bonds is 6. The molecule has 1 fully saturated rings. The molecule has 21 heavy (non-hydrogen) atoms. The van der Waals surface area contributed by atoms with E-state index >= 15 is 0 Å². The first-order valence-corrected chi connectivity index (χ1v) is 7.53. The zero-order valence-electron chi connectivity index (χ0n) is 11.7. The molecule has 2 N–H and O–H groups in total. The van der Waals surface area contributed by atoms with Gasteiger partial charge >= 0.3 is 6.61 Å². The molecule has 1 saturated carbocycles. The third kappa shape index (κ3) is 5.09.